The van der Waals surface area contributed by atoms with Crippen LogP contribution in [0.3, 0.4) is 0 Å². The second-order valence-corrected chi connectivity index (χ2v) is 5.80. The van der Waals surface area contributed by atoms with Crippen LogP contribution in [0.2, 0.25) is 0 Å². The van der Waals surface area contributed by atoms with E-state index in [0.29, 0.717) is 6.42 Å². The minimum Gasteiger partial charge on any atom is -0.361 e. The number of benzene rings is 1. The van der Waals surface area contributed by atoms with Gasteiger partial charge >= 0.3 is 0 Å². The molecule has 0 bridgehead atoms. The van der Waals surface area contributed by atoms with Crippen LogP contribution >= 0.6 is 0 Å². The lowest BCUT2D eigenvalue weighted by Crippen LogP contribution is -2.27. The second kappa shape index (κ2) is 6.12. The topological polar surface area (TPSA) is 44.9 Å². The van der Waals surface area contributed by atoms with E-state index in [9.17, 15) is 4.79 Å². The van der Waals surface area contributed by atoms with Crippen LogP contribution in [0.4, 0.5) is 0 Å². The predicted octanol–water partition coefficient (Wildman–Crippen LogP) is 3.41. The van der Waals surface area contributed by atoms with Crippen LogP contribution < -0.4 is 5.32 Å². The van der Waals surface area contributed by atoms with Crippen LogP contribution in [0.25, 0.3) is 10.9 Å². The molecule has 3 nitrogen and oxygen atoms in total. The van der Waals surface area contributed by atoms with Gasteiger partial charge in [0.05, 0.1) is 0 Å². The van der Waals surface area contributed by atoms with E-state index >= 15 is 0 Å². The maximum atomic E-state index is 11.8. The second-order valence-electron chi connectivity index (χ2n) is 5.80. The summed E-state index contributed by atoms with van der Waals surface area (Å²) in [4.78, 5) is 15.1. The van der Waals surface area contributed by atoms with E-state index < -0.39 is 0 Å². The van der Waals surface area contributed by atoms with Gasteiger partial charge in [-0.25, -0.2) is 0 Å². The van der Waals surface area contributed by atoms with Crippen LogP contribution in [-0.4, -0.2) is 17.4 Å². The number of amides is 1. The van der Waals surface area contributed by atoms with Gasteiger partial charge in [-0.3, -0.25) is 4.79 Å². The lowest BCUT2D eigenvalue weighted by molar-refractivity contribution is -0.121. The van der Waals surface area contributed by atoms with E-state index in [2.05, 4.69) is 22.4 Å². The van der Waals surface area contributed by atoms with Crippen LogP contribution in [0, 0.1) is 5.92 Å². The molecule has 0 saturated heterocycles. The van der Waals surface area contributed by atoms with E-state index in [4.69, 9.17) is 0 Å². The molecule has 3 rings (SSSR count). The first-order chi connectivity index (χ1) is 9.83. The summed E-state index contributed by atoms with van der Waals surface area (Å²) in [6, 6.07) is 8.24. The van der Waals surface area contributed by atoms with E-state index in [-0.39, 0.29) is 5.91 Å². The van der Waals surface area contributed by atoms with Gasteiger partial charge in [-0.2, -0.15) is 0 Å². The number of aromatic amines is 1. The Morgan fingerprint density at radius 3 is 2.95 bits per heavy atom. The molecular weight excluding hydrogens is 248 g/mol. The van der Waals surface area contributed by atoms with Gasteiger partial charge in [0.1, 0.15) is 0 Å². The van der Waals surface area contributed by atoms with Gasteiger partial charge in [0.15, 0.2) is 0 Å². The molecule has 0 radical (unpaired) electrons. The fraction of sp³-hybridized carbons (Fsp3) is 0.471. The van der Waals surface area contributed by atoms with Gasteiger partial charge in [0.25, 0.3) is 0 Å². The summed E-state index contributed by atoms with van der Waals surface area (Å²) in [5, 5.41) is 4.27. The largest absolute Gasteiger partial charge is 0.361 e. The highest BCUT2D eigenvalue weighted by molar-refractivity contribution is 5.84. The van der Waals surface area contributed by atoms with Crippen molar-refractivity contribution < 1.29 is 4.79 Å². The van der Waals surface area contributed by atoms with Crippen molar-refractivity contribution in [3.05, 3.63) is 36.0 Å². The summed E-state index contributed by atoms with van der Waals surface area (Å²) < 4.78 is 0. The van der Waals surface area contributed by atoms with Gasteiger partial charge in [0, 0.05) is 30.1 Å². The highest BCUT2D eigenvalue weighted by Gasteiger charge is 2.16. The molecule has 106 valence electrons. The van der Waals surface area contributed by atoms with Crippen molar-refractivity contribution in [1.82, 2.24) is 10.3 Å². The minimum atomic E-state index is 0.176. The standard InChI is InChI=1S/C17H22N2O/c20-17(18-11-10-13-4-3-5-13)9-8-14-12-19-16-7-2-1-6-15(14)16/h1-2,6-7,12-13,19H,3-5,8-11H2,(H,18,20). The Balaban J connectivity index is 1.45. The molecule has 2 aromatic rings. The molecule has 0 aliphatic heterocycles. The zero-order valence-electron chi connectivity index (χ0n) is 11.8. The molecule has 1 aliphatic rings. The van der Waals surface area contributed by atoms with Gasteiger partial charge in [-0.15, -0.1) is 0 Å². The third-order valence-corrected chi connectivity index (χ3v) is 4.40. The van der Waals surface area contributed by atoms with Gasteiger partial charge in [0.2, 0.25) is 5.91 Å². The molecule has 1 aromatic heterocycles. The fourth-order valence-corrected chi connectivity index (χ4v) is 2.87. The van der Waals surface area contributed by atoms with E-state index in [1.165, 1.54) is 30.2 Å². The number of carbonyl (C=O) groups is 1. The maximum absolute atomic E-state index is 11.8. The predicted molar refractivity (Wildman–Crippen MR) is 81.6 cm³/mol. The van der Waals surface area contributed by atoms with Crippen molar-refractivity contribution in [3.8, 4) is 0 Å². The van der Waals surface area contributed by atoms with Crippen molar-refractivity contribution in [2.24, 2.45) is 5.92 Å². The summed E-state index contributed by atoms with van der Waals surface area (Å²) in [6.07, 6.45) is 8.63. The third-order valence-electron chi connectivity index (χ3n) is 4.40. The molecule has 0 spiro atoms. The maximum Gasteiger partial charge on any atom is 0.220 e. The van der Waals surface area contributed by atoms with Crippen molar-refractivity contribution in [3.63, 3.8) is 0 Å². The molecule has 3 heteroatoms. The van der Waals surface area contributed by atoms with E-state index in [1.807, 2.05) is 18.3 Å². The molecule has 0 unspecified atom stereocenters. The van der Waals surface area contributed by atoms with Crippen molar-refractivity contribution in [2.75, 3.05) is 6.54 Å². The Bertz CT molecular complexity index is 583. The number of H-pyrrole nitrogens is 1. The number of hydrogen-bond acceptors (Lipinski definition) is 1. The zero-order valence-corrected chi connectivity index (χ0v) is 11.8. The van der Waals surface area contributed by atoms with Crippen molar-refractivity contribution >= 4 is 16.8 Å². The third kappa shape index (κ3) is 3.03. The zero-order chi connectivity index (χ0) is 13.8. The number of rotatable bonds is 6. The summed E-state index contributed by atoms with van der Waals surface area (Å²) in [7, 11) is 0. The normalized spacial score (nSPS) is 15.2. The van der Waals surface area contributed by atoms with Gasteiger partial charge < -0.3 is 10.3 Å². The van der Waals surface area contributed by atoms with Crippen LogP contribution in [0.15, 0.2) is 30.5 Å². The first-order valence-corrected chi connectivity index (χ1v) is 7.64. The monoisotopic (exact) mass is 270 g/mol. The lowest BCUT2D eigenvalue weighted by Gasteiger charge is -2.25. The average Bonchev–Trinajstić information content (AvgIpc) is 2.82. The molecule has 1 heterocycles. The van der Waals surface area contributed by atoms with Gasteiger partial charge in [-0.1, -0.05) is 37.5 Å². The highest BCUT2D eigenvalue weighted by atomic mass is 16.1. The number of hydrogen-bond donors (Lipinski definition) is 2. The Hall–Kier alpha value is -1.77. The smallest absolute Gasteiger partial charge is 0.220 e. The molecule has 2 N–H and O–H groups in total. The number of para-hydroxylation sites is 1. The molecule has 0 atom stereocenters. The molecule has 1 aromatic carbocycles. The summed E-state index contributed by atoms with van der Waals surface area (Å²) in [5.41, 5.74) is 2.38. The number of aromatic nitrogens is 1. The molecule has 1 aliphatic carbocycles. The SMILES string of the molecule is O=C(CCc1c[nH]c2ccccc12)NCCC1CCC1. The average molecular weight is 270 g/mol. The molecule has 20 heavy (non-hydrogen) atoms. The van der Waals surface area contributed by atoms with Gasteiger partial charge in [-0.05, 0) is 30.4 Å². The van der Waals surface area contributed by atoms with Crippen molar-refractivity contribution in [2.45, 2.75) is 38.5 Å². The Morgan fingerprint density at radius 1 is 1.30 bits per heavy atom. The van der Waals surface area contributed by atoms with Crippen LogP contribution in [0.5, 0.6) is 0 Å². The van der Waals surface area contributed by atoms with Crippen LogP contribution in [-0.2, 0) is 11.2 Å². The van der Waals surface area contributed by atoms with E-state index in [1.54, 1.807) is 0 Å². The summed E-state index contributed by atoms with van der Waals surface area (Å²) >= 11 is 0. The first kappa shape index (κ1) is 13.2. The number of nitrogens with one attached hydrogen (secondary N) is 2. The Kier molecular flexibility index (Phi) is 4.05. The summed E-state index contributed by atoms with van der Waals surface area (Å²) in [6.45, 7) is 0.845. The molecule has 1 fully saturated rings. The quantitative estimate of drug-likeness (QED) is 0.830. The molecular formula is C17H22N2O. The lowest BCUT2D eigenvalue weighted by atomic mass is 9.83. The number of carbonyl (C=O) groups excluding carboxylic acids is 1. The summed E-state index contributed by atoms with van der Waals surface area (Å²) in [5.74, 6) is 1.04. The first-order valence-electron chi connectivity index (χ1n) is 7.64. The van der Waals surface area contributed by atoms with Crippen molar-refractivity contribution in [1.29, 1.82) is 0 Å². The number of aryl methyl sites for hydroxylation is 1. The fourth-order valence-electron chi connectivity index (χ4n) is 2.87. The number of fused-ring (bicyclic) bond motifs is 1. The van der Waals surface area contributed by atoms with E-state index in [0.717, 1.165) is 30.8 Å². The van der Waals surface area contributed by atoms with Crippen LogP contribution in [0.1, 0.15) is 37.7 Å². The Morgan fingerprint density at radius 2 is 2.15 bits per heavy atom. The Labute approximate surface area is 119 Å². The highest BCUT2D eigenvalue weighted by Crippen LogP contribution is 2.28. The molecule has 1 saturated carbocycles. The minimum absolute atomic E-state index is 0.176. The molecule has 1 amide bonds.